The van der Waals surface area contributed by atoms with Crippen LogP contribution in [0.4, 0.5) is 0 Å². The number of rotatable bonds is 5. The molecule has 1 aliphatic rings. The molecule has 1 unspecified atom stereocenters. The molecule has 0 radical (unpaired) electrons. The molecule has 1 saturated heterocycles. The van der Waals surface area contributed by atoms with E-state index in [0.717, 1.165) is 42.1 Å². The maximum atomic E-state index is 13.7. The van der Waals surface area contributed by atoms with Gasteiger partial charge in [0, 0.05) is 18.8 Å². The summed E-state index contributed by atoms with van der Waals surface area (Å²) >= 11 is 1.97. The Bertz CT molecular complexity index is 650. The van der Waals surface area contributed by atoms with Crippen LogP contribution in [0.25, 0.3) is 0 Å². The van der Waals surface area contributed by atoms with Crippen LogP contribution in [0.1, 0.15) is 23.5 Å². The van der Waals surface area contributed by atoms with Gasteiger partial charge in [-0.05, 0) is 37.4 Å². The Labute approximate surface area is 161 Å². The van der Waals surface area contributed by atoms with Crippen molar-refractivity contribution in [1.29, 1.82) is 0 Å². The zero-order chi connectivity index (χ0) is 18.4. The highest BCUT2D eigenvalue weighted by atomic mass is 32.2. The molecule has 4 heteroatoms. The van der Waals surface area contributed by atoms with Crippen LogP contribution >= 0.6 is 11.8 Å². The van der Waals surface area contributed by atoms with Crippen LogP contribution in [-0.4, -0.2) is 60.4 Å². The number of nitrogens with zero attached hydrogens (tertiary/aromatic N) is 2. The van der Waals surface area contributed by atoms with E-state index in [2.05, 4.69) is 48.2 Å². The Morgan fingerprint density at radius 3 is 2.19 bits per heavy atom. The maximum absolute atomic E-state index is 13.7. The van der Waals surface area contributed by atoms with Crippen molar-refractivity contribution >= 4 is 17.7 Å². The first-order chi connectivity index (χ1) is 12.7. The predicted molar refractivity (Wildman–Crippen MR) is 111 cm³/mol. The van der Waals surface area contributed by atoms with E-state index in [0.29, 0.717) is 0 Å². The summed E-state index contributed by atoms with van der Waals surface area (Å²) in [5.74, 6) is 2.15. The zero-order valence-corrected chi connectivity index (χ0v) is 16.5. The second-order valence-electron chi connectivity index (χ2n) is 7.13. The fraction of sp³-hybridized carbons (Fsp3) is 0.409. The van der Waals surface area contributed by atoms with Crippen LogP contribution < -0.4 is 0 Å². The second kappa shape index (κ2) is 9.24. The minimum absolute atomic E-state index is 0.231. The van der Waals surface area contributed by atoms with E-state index in [1.54, 1.807) is 0 Å². The van der Waals surface area contributed by atoms with Crippen LogP contribution in [0, 0.1) is 0 Å². The minimum atomic E-state index is -0.231. The van der Waals surface area contributed by atoms with Gasteiger partial charge in [-0.1, -0.05) is 60.7 Å². The summed E-state index contributed by atoms with van der Waals surface area (Å²) in [4.78, 5) is 18.1. The number of carbonyl (C=O) groups excluding carboxylic acids is 1. The fourth-order valence-electron chi connectivity index (χ4n) is 3.63. The van der Waals surface area contributed by atoms with Gasteiger partial charge in [0.1, 0.15) is 0 Å². The first-order valence-corrected chi connectivity index (χ1v) is 10.4. The Morgan fingerprint density at radius 2 is 1.65 bits per heavy atom. The summed E-state index contributed by atoms with van der Waals surface area (Å²) in [5, 5.41) is 0. The van der Waals surface area contributed by atoms with Gasteiger partial charge < -0.3 is 9.80 Å². The quantitative estimate of drug-likeness (QED) is 0.804. The molecule has 1 atom stereocenters. The van der Waals surface area contributed by atoms with Crippen molar-refractivity contribution in [3.05, 3.63) is 71.8 Å². The molecule has 1 heterocycles. The van der Waals surface area contributed by atoms with Gasteiger partial charge in [0.25, 0.3) is 0 Å². The second-order valence-corrected chi connectivity index (χ2v) is 8.28. The largest absolute Gasteiger partial charge is 0.337 e. The Hall–Kier alpha value is -1.78. The summed E-state index contributed by atoms with van der Waals surface area (Å²) in [5.41, 5.74) is 2.15. The lowest BCUT2D eigenvalue weighted by atomic mass is 9.89. The number of amides is 1. The predicted octanol–water partition coefficient (Wildman–Crippen LogP) is 3.71. The lowest BCUT2D eigenvalue weighted by Gasteiger charge is -2.34. The first-order valence-electron chi connectivity index (χ1n) is 9.29. The molecule has 0 saturated carbocycles. The smallest absolute Gasteiger partial charge is 0.234 e. The van der Waals surface area contributed by atoms with Gasteiger partial charge in [-0.2, -0.15) is 11.8 Å². The van der Waals surface area contributed by atoms with Crippen LogP contribution in [0.3, 0.4) is 0 Å². The monoisotopic (exact) mass is 368 g/mol. The summed E-state index contributed by atoms with van der Waals surface area (Å²) in [6.45, 7) is 1.76. The van der Waals surface area contributed by atoms with Crippen molar-refractivity contribution < 1.29 is 4.79 Å². The van der Waals surface area contributed by atoms with E-state index < -0.39 is 0 Å². The van der Waals surface area contributed by atoms with Crippen molar-refractivity contribution in [2.75, 3.05) is 38.7 Å². The van der Waals surface area contributed by atoms with Crippen molar-refractivity contribution in [3.63, 3.8) is 0 Å². The van der Waals surface area contributed by atoms with Crippen molar-refractivity contribution in [2.24, 2.45) is 0 Å². The van der Waals surface area contributed by atoms with E-state index in [1.807, 2.05) is 48.2 Å². The molecule has 2 aromatic rings. The van der Waals surface area contributed by atoms with Crippen molar-refractivity contribution in [1.82, 2.24) is 9.80 Å². The van der Waals surface area contributed by atoms with Gasteiger partial charge in [-0.25, -0.2) is 0 Å². The van der Waals surface area contributed by atoms with Crippen LogP contribution in [0.5, 0.6) is 0 Å². The summed E-state index contributed by atoms with van der Waals surface area (Å²) in [7, 11) is 4.17. The third-order valence-electron chi connectivity index (χ3n) is 4.81. The lowest BCUT2D eigenvalue weighted by molar-refractivity contribution is -0.134. The molecule has 0 bridgehead atoms. The van der Waals surface area contributed by atoms with Gasteiger partial charge in [0.2, 0.25) is 5.91 Å². The third-order valence-corrected chi connectivity index (χ3v) is 6.01. The van der Waals surface area contributed by atoms with Crippen LogP contribution in [0.15, 0.2) is 60.7 Å². The number of carbonyl (C=O) groups is 1. The molecule has 138 valence electrons. The molecule has 0 aliphatic carbocycles. The number of benzene rings is 2. The maximum Gasteiger partial charge on any atom is 0.234 e. The molecule has 1 amide bonds. The number of hydrogen-bond acceptors (Lipinski definition) is 3. The standard InChI is InChI=1S/C22H28N2OS/c1-23(2)16-20-17-26-15-9-14-24(20)22(25)21(18-10-5-3-6-11-18)19-12-7-4-8-13-19/h3-8,10-13,20-21H,9,14-17H2,1-2H3. The first kappa shape index (κ1) is 19.0. The SMILES string of the molecule is CN(C)CC1CSCCCN1C(=O)C(c1ccccc1)c1ccccc1. The van der Waals surface area contributed by atoms with E-state index in [9.17, 15) is 4.79 Å². The Morgan fingerprint density at radius 1 is 1.08 bits per heavy atom. The van der Waals surface area contributed by atoms with Crippen LogP contribution in [-0.2, 0) is 4.79 Å². The Balaban J connectivity index is 1.95. The summed E-state index contributed by atoms with van der Waals surface area (Å²) in [6.07, 6.45) is 1.07. The van der Waals surface area contributed by atoms with Gasteiger partial charge in [0.15, 0.2) is 0 Å². The molecule has 0 N–H and O–H groups in total. The van der Waals surface area contributed by atoms with E-state index in [-0.39, 0.29) is 17.9 Å². The highest BCUT2D eigenvalue weighted by Crippen LogP contribution is 2.29. The van der Waals surface area contributed by atoms with Crippen molar-refractivity contribution in [2.45, 2.75) is 18.4 Å². The van der Waals surface area contributed by atoms with E-state index in [1.165, 1.54) is 0 Å². The van der Waals surface area contributed by atoms with Gasteiger partial charge in [0.05, 0.1) is 12.0 Å². The zero-order valence-electron chi connectivity index (χ0n) is 15.7. The van der Waals surface area contributed by atoms with Crippen LogP contribution in [0.2, 0.25) is 0 Å². The van der Waals surface area contributed by atoms with Gasteiger partial charge >= 0.3 is 0 Å². The fourth-order valence-corrected chi connectivity index (χ4v) is 4.68. The molecule has 2 aromatic carbocycles. The van der Waals surface area contributed by atoms with Crippen molar-refractivity contribution in [3.8, 4) is 0 Å². The van der Waals surface area contributed by atoms with Gasteiger partial charge in [-0.15, -0.1) is 0 Å². The van der Waals surface area contributed by atoms with Gasteiger partial charge in [-0.3, -0.25) is 4.79 Å². The third kappa shape index (κ3) is 4.68. The van der Waals surface area contributed by atoms with E-state index >= 15 is 0 Å². The average Bonchev–Trinajstić information content (AvgIpc) is 2.88. The average molecular weight is 369 g/mol. The molecule has 0 spiro atoms. The van der Waals surface area contributed by atoms with E-state index in [4.69, 9.17) is 0 Å². The highest BCUT2D eigenvalue weighted by Gasteiger charge is 2.32. The Kier molecular flexibility index (Phi) is 6.75. The molecular weight excluding hydrogens is 340 g/mol. The molecular formula is C22H28N2OS. The number of likely N-dealkylation sites (N-methyl/N-ethyl adjacent to an activating group) is 1. The molecule has 1 aliphatic heterocycles. The molecule has 3 nitrogen and oxygen atoms in total. The number of thioether (sulfide) groups is 1. The molecule has 0 aromatic heterocycles. The highest BCUT2D eigenvalue weighted by molar-refractivity contribution is 7.99. The summed E-state index contributed by atoms with van der Waals surface area (Å²) in [6, 6.07) is 20.7. The molecule has 3 rings (SSSR count). The lowest BCUT2D eigenvalue weighted by Crippen LogP contribution is -2.48. The molecule has 1 fully saturated rings. The topological polar surface area (TPSA) is 23.6 Å². The normalized spacial score (nSPS) is 18.2. The minimum Gasteiger partial charge on any atom is -0.337 e. The summed E-state index contributed by atoms with van der Waals surface area (Å²) < 4.78 is 0. The number of hydrogen-bond donors (Lipinski definition) is 0. The molecule has 26 heavy (non-hydrogen) atoms.